The first-order valence-corrected chi connectivity index (χ1v) is 9.30. The van der Waals surface area contributed by atoms with Gasteiger partial charge in [-0.05, 0) is 51.4 Å². The van der Waals surface area contributed by atoms with Crippen molar-refractivity contribution in [3.8, 4) is 0 Å². The highest BCUT2D eigenvalue weighted by molar-refractivity contribution is 7.89. The highest BCUT2D eigenvalue weighted by Gasteiger charge is 2.51. The van der Waals surface area contributed by atoms with Crippen LogP contribution in [-0.4, -0.2) is 32.7 Å². The number of esters is 1. The van der Waals surface area contributed by atoms with Gasteiger partial charge in [0.2, 0.25) is 15.9 Å². The van der Waals surface area contributed by atoms with Crippen LogP contribution in [0.1, 0.15) is 39.5 Å². The monoisotopic (exact) mass is 317 g/mol. The van der Waals surface area contributed by atoms with E-state index in [2.05, 4.69) is 0 Å². The van der Waals surface area contributed by atoms with Gasteiger partial charge in [0.05, 0.1) is 24.2 Å². The molecule has 21 heavy (non-hydrogen) atoms. The van der Waals surface area contributed by atoms with E-state index in [9.17, 15) is 18.0 Å². The number of nitrogens with one attached hydrogen (secondary N) is 1. The van der Waals surface area contributed by atoms with Gasteiger partial charge in [0.25, 0.3) is 0 Å². The van der Waals surface area contributed by atoms with E-state index in [0.717, 1.165) is 31.9 Å². The summed E-state index contributed by atoms with van der Waals surface area (Å²) in [4.78, 5) is 24.6. The molecule has 3 aliphatic carbocycles. The summed E-state index contributed by atoms with van der Waals surface area (Å²) in [5, 5.41) is 0. The van der Waals surface area contributed by atoms with Gasteiger partial charge in [-0.25, -0.2) is 8.42 Å². The molecule has 0 radical (unpaired) electrons. The third-order valence-corrected chi connectivity index (χ3v) is 5.00. The Balaban J connectivity index is 2.22. The Morgan fingerprint density at radius 2 is 1.52 bits per heavy atom. The quantitative estimate of drug-likeness (QED) is 0.783. The summed E-state index contributed by atoms with van der Waals surface area (Å²) in [6.07, 6.45) is 4.27. The lowest BCUT2D eigenvalue weighted by atomic mass is 9.58. The number of fused-ring (bicyclic) bond motifs is 3. The fourth-order valence-electron chi connectivity index (χ4n) is 3.73. The SMILES string of the molecule is CC(C)OC(=O)[C@H]1C2CCC(CC2)[C@H]1C(=O)NS(C)(=O)=O. The lowest BCUT2D eigenvalue weighted by Crippen LogP contribution is -2.52. The molecule has 2 bridgehead atoms. The zero-order valence-electron chi connectivity index (χ0n) is 12.7. The van der Waals surface area contributed by atoms with Crippen molar-refractivity contribution in [2.75, 3.05) is 6.26 Å². The summed E-state index contributed by atoms with van der Waals surface area (Å²) in [6, 6.07) is 0. The number of rotatable bonds is 4. The lowest BCUT2D eigenvalue weighted by molar-refractivity contribution is -0.166. The first-order valence-electron chi connectivity index (χ1n) is 7.41. The minimum Gasteiger partial charge on any atom is -0.463 e. The number of carbonyl (C=O) groups is 2. The topological polar surface area (TPSA) is 89.5 Å². The predicted molar refractivity (Wildman–Crippen MR) is 76.6 cm³/mol. The largest absolute Gasteiger partial charge is 0.463 e. The van der Waals surface area contributed by atoms with Gasteiger partial charge in [-0.1, -0.05) is 0 Å². The molecule has 3 saturated carbocycles. The van der Waals surface area contributed by atoms with Crippen LogP contribution in [-0.2, 0) is 24.3 Å². The predicted octanol–water partition coefficient (Wildman–Crippen LogP) is 1.07. The van der Waals surface area contributed by atoms with Gasteiger partial charge in [0.1, 0.15) is 0 Å². The Labute approximate surface area is 125 Å². The molecule has 0 aromatic rings. The molecule has 0 aliphatic heterocycles. The van der Waals surface area contributed by atoms with Crippen molar-refractivity contribution in [1.82, 2.24) is 4.72 Å². The third kappa shape index (κ3) is 3.75. The van der Waals surface area contributed by atoms with E-state index >= 15 is 0 Å². The summed E-state index contributed by atoms with van der Waals surface area (Å²) in [5.41, 5.74) is 0. The minimum atomic E-state index is -3.61. The summed E-state index contributed by atoms with van der Waals surface area (Å²) in [5.74, 6) is -1.83. The van der Waals surface area contributed by atoms with Crippen LogP contribution in [0.5, 0.6) is 0 Å². The van der Waals surface area contributed by atoms with Crippen LogP contribution < -0.4 is 4.72 Å². The van der Waals surface area contributed by atoms with Gasteiger partial charge in [0.15, 0.2) is 0 Å². The average Bonchev–Trinajstić information content (AvgIpc) is 2.36. The van der Waals surface area contributed by atoms with Crippen LogP contribution in [0, 0.1) is 23.7 Å². The van der Waals surface area contributed by atoms with Gasteiger partial charge in [-0.2, -0.15) is 0 Å². The molecule has 120 valence electrons. The summed E-state index contributed by atoms with van der Waals surface area (Å²) in [7, 11) is -3.61. The molecule has 0 heterocycles. The Hall–Kier alpha value is -1.11. The Morgan fingerprint density at radius 3 is 1.95 bits per heavy atom. The van der Waals surface area contributed by atoms with Crippen molar-refractivity contribution in [3.05, 3.63) is 0 Å². The molecule has 0 spiro atoms. The number of ether oxygens (including phenoxy) is 1. The van der Waals surface area contributed by atoms with Crippen LogP contribution in [0.15, 0.2) is 0 Å². The Morgan fingerprint density at radius 1 is 1.05 bits per heavy atom. The Bertz CT molecular complexity index is 519. The van der Waals surface area contributed by atoms with E-state index in [0.29, 0.717) is 0 Å². The first-order chi connectivity index (χ1) is 9.69. The molecular weight excluding hydrogens is 294 g/mol. The molecule has 3 fully saturated rings. The van der Waals surface area contributed by atoms with E-state index in [4.69, 9.17) is 4.74 Å². The van der Waals surface area contributed by atoms with Crippen molar-refractivity contribution in [3.63, 3.8) is 0 Å². The van der Waals surface area contributed by atoms with Gasteiger partial charge >= 0.3 is 5.97 Å². The number of amides is 1. The normalized spacial score (nSPS) is 32.0. The maximum Gasteiger partial charge on any atom is 0.310 e. The van der Waals surface area contributed by atoms with Crippen LogP contribution in [0.25, 0.3) is 0 Å². The first kappa shape index (κ1) is 16.3. The van der Waals surface area contributed by atoms with E-state index in [1.165, 1.54) is 0 Å². The second-order valence-corrected chi connectivity index (χ2v) is 8.20. The van der Waals surface area contributed by atoms with Crippen LogP contribution in [0.4, 0.5) is 0 Å². The van der Waals surface area contributed by atoms with Gasteiger partial charge in [-0.15, -0.1) is 0 Å². The molecule has 0 unspecified atom stereocenters. The highest BCUT2D eigenvalue weighted by Crippen LogP contribution is 2.49. The summed E-state index contributed by atoms with van der Waals surface area (Å²) < 4.78 is 29.9. The maximum atomic E-state index is 12.3. The van der Waals surface area contributed by atoms with Crippen LogP contribution in [0.2, 0.25) is 0 Å². The zero-order chi connectivity index (χ0) is 15.8. The van der Waals surface area contributed by atoms with Gasteiger partial charge in [-0.3, -0.25) is 14.3 Å². The fraction of sp³-hybridized carbons (Fsp3) is 0.857. The van der Waals surface area contributed by atoms with Crippen LogP contribution in [0.3, 0.4) is 0 Å². The van der Waals surface area contributed by atoms with Crippen molar-refractivity contribution in [2.24, 2.45) is 23.7 Å². The molecule has 1 N–H and O–H groups in total. The van der Waals surface area contributed by atoms with E-state index in [-0.39, 0.29) is 23.9 Å². The van der Waals surface area contributed by atoms with E-state index in [1.807, 2.05) is 4.72 Å². The summed E-state index contributed by atoms with van der Waals surface area (Å²) in [6.45, 7) is 3.54. The van der Waals surface area contributed by atoms with Crippen LogP contribution >= 0.6 is 0 Å². The van der Waals surface area contributed by atoms with E-state index in [1.54, 1.807) is 13.8 Å². The second kappa shape index (κ2) is 5.94. The molecule has 0 aromatic heterocycles. The molecule has 3 aliphatic rings. The van der Waals surface area contributed by atoms with Gasteiger partial charge < -0.3 is 4.74 Å². The highest BCUT2D eigenvalue weighted by atomic mass is 32.2. The van der Waals surface area contributed by atoms with Crippen molar-refractivity contribution >= 4 is 21.9 Å². The lowest BCUT2D eigenvalue weighted by Gasteiger charge is -2.46. The number of hydrogen-bond acceptors (Lipinski definition) is 5. The molecular formula is C14H23NO5S. The molecule has 2 atom stereocenters. The molecule has 0 aromatic carbocycles. The maximum absolute atomic E-state index is 12.3. The van der Waals surface area contributed by atoms with Crippen molar-refractivity contribution in [1.29, 1.82) is 0 Å². The molecule has 6 nitrogen and oxygen atoms in total. The zero-order valence-corrected chi connectivity index (χ0v) is 13.5. The third-order valence-electron chi connectivity index (χ3n) is 4.43. The van der Waals surface area contributed by atoms with Gasteiger partial charge in [0, 0.05) is 0 Å². The van der Waals surface area contributed by atoms with Crippen molar-refractivity contribution in [2.45, 2.75) is 45.6 Å². The van der Waals surface area contributed by atoms with Crippen molar-refractivity contribution < 1.29 is 22.7 Å². The smallest absolute Gasteiger partial charge is 0.310 e. The Kier molecular flexibility index (Phi) is 4.60. The number of hydrogen-bond donors (Lipinski definition) is 1. The summed E-state index contributed by atoms with van der Waals surface area (Å²) >= 11 is 0. The number of sulfonamides is 1. The molecule has 7 heteroatoms. The molecule has 3 rings (SSSR count). The fourth-order valence-corrected chi connectivity index (χ4v) is 4.23. The second-order valence-electron chi connectivity index (χ2n) is 6.45. The van der Waals surface area contributed by atoms with E-state index < -0.39 is 27.8 Å². The molecule has 0 saturated heterocycles. The standard InChI is InChI=1S/C14H23NO5S/c1-8(2)20-14(17)12-10-6-4-9(5-7-10)11(12)13(16)15-21(3,18)19/h8-12H,4-7H2,1-3H3,(H,15,16)/t9?,10?,11-,12+/m1/s1. The average molecular weight is 317 g/mol. The number of carbonyl (C=O) groups excluding carboxylic acids is 2. The minimum absolute atomic E-state index is 0.0708. The molecule has 1 amide bonds.